The molecular weight excluding hydrogens is 258 g/mol. The van der Waals surface area contributed by atoms with E-state index in [0.29, 0.717) is 0 Å². The first-order valence-corrected chi connectivity index (χ1v) is 7.08. The third-order valence-corrected chi connectivity index (χ3v) is 4.32. The Morgan fingerprint density at radius 2 is 1.52 bits per heavy atom. The van der Waals surface area contributed by atoms with Crippen LogP contribution >= 0.6 is 0 Å². The van der Waals surface area contributed by atoms with Gasteiger partial charge in [0.2, 0.25) is 5.78 Å². The summed E-state index contributed by atoms with van der Waals surface area (Å²) in [6.07, 6.45) is 0. The first kappa shape index (κ1) is 10.9. The zero-order chi connectivity index (χ0) is 14.0. The van der Waals surface area contributed by atoms with Crippen molar-refractivity contribution >= 4 is 38.6 Å². The molecule has 0 fully saturated rings. The van der Waals surface area contributed by atoms with Gasteiger partial charge in [0.25, 0.3) is 0 Å². The molecule has 21 heavy (non-hydrogen) atoms. The zero-order valence-corrected chi connectivity index (χ0v) is 11.6. The minimum atomic E-state index is 0.988. The third-order valence-electron chi connectivity index (χ3n) is 4.32. The van der Waals surface area contributed by atoms with Gasteiger partial charge in [-0.25, -0.2) is 4.98 Å². The van der Waals surface area contributed by atoms with Crippen LogP contribution < -0.4 is 0 Å². The van der Waals surface area contributed by atoms with E-state index in [1.54, 1.807) is 0 Å². The fraction of sp³-hybridized carbons (Fsp3) is 0.0556. The van der Waals surface area contributed by atoms with Crippen molar-refractivity contribution in [3.63, 3.8) is 0 Å². The van der Waals surface area contributed by atoms with E-state index in [-0.39, 0.29) is 0 Å². The lowest BCUT2D eigenvalue weighted by Gasteiger charge is -1.99. The maximum Gasteiger partial charge on any atom is 0.215 e. The number of nitrogens with zero attached hydrogens (tertiary/aromatic N) is 3. The van der Waals surface area contributed by atoms with E-state index in [0.717, 1.165) is 11.3 Å². The van der Waals surface area contributed by atoms with E-state index in [1.807, 2.05) is 0 Å². The van der Waals surface area contributed by atoms with Crippen LogP contribution in [0.15, 0.2) is 60.7 Å². The molecule has 0 atom stereocenters. The second-order valence-corrected chi connectivity index (χ2v) is 5.45. The number of hydrogen-bond donors (Lipinski definition) is 0. The Morgan fingerprint density at radius 3 is 2.43 bits per heavy atom. The summed E-state index contributed by atoms with van der Waals surface area (Å²) >= 11 is 0. The lowest BCUT2D eigenvalue weighted by atomic mass is 10.1. The van der Waals surface area contributed by atoms with Crippen molar-refractivity contribution in [1.29, 1.82) is 0 Å². The Bertz CT molecular complexity index is 1140. The summed E-state index contributed by atoms with van der Waals surface area (Å²) in [4.78, 5) is 4.91. The van der Waals surface area contributed by atoms with Gasteiger partial charge in [0.05, 0.1) is 22.1 Å². The first-order valence-electron chi connectivity index (χ1n) is 7.08. The van der Waals surface area contributed by atoms with E-state index < -0.39 is 0 Å². The fourth-order valence-corrected chi connectivity index (χ4v) is 3.31. The van der Waals surface area contributed by atoms with E-state index in [9.17, 15) is 0 Å². The lowest BCUT2D eigenvalue weighted by molar-refractivity contribution is 0.974. The molecule has 0 N–H and O–H groups in total. The SMILES string of the molecule is Cn1c2ccccc2n2c3ccc4ccccc4c3nc12. The minimum absolute atomic E-state index is 0.988. The smallest absolute Gasteiger partial charge is 0.215 e. The van der Waals surface area contributed by atoms with Gasteiger partial charge in [-0.1, -0.05) is 42.5 Å². The zero-order valence-electron chi connectivity index (χ0n) is 11.6. The Hall–Kier alpha value is -2.81. The van der Waals surface area contributed by atoms with Crippen LogP contribution in [0.25, 0.3) is 38.6 Å². The highest BCUT2D eigenvalue weighted by Crippen LogP contribution is 2.29. The van der Waals surface area contributed by atoms with Crippen molar-refractivity contribution in [2.75, 3.05) is 0 Å². The number of imidazole rings is 2. The average Bonchev–Trinajstić information content (AvgIpc) is 3.05. The number of benzene rings is 3. The Morgan fingerprint density at radius 1 is 0.762 bits per heavy atom. The number of fused-ring (bicyclic) bond motifs is 7. The summed E-state index contributed by atoms with van der Waals surface area (Å²) in [7, 11) is 2.08. The highest BCUT2D eigenvalue weighted by Gasteiger charge is 2.14. The van der Waals surface area contributed by atoms with Gasteiger partial charge in [-0.3, -0.25) is 4.40 Å². The fourth-order valence-electron chi connectivity index (χ4n) is 3.31. The molecule has 0 radical (unpaired) electrons. The molecule has 0 aliphatic rings. The summed E-state index contributed by atoms with van der Waals surface area (Å²) in [5.74, 6) is 0.988. The molecule has 2 heterocycles. The van der Waals surface area contributed by atoms with Crippen molar-refractivity contribution in [3.8, 4) is 0 Å². The van der Waals surface area contributed by atoms with E-state index >= 15 is 0 Å². The molecule has 0 spiro atoms. The molecule has 0 unspecified atom stereocenters. The molecule has 0 aliphatic carbocycles. The highest BCUT2D eigenvalue weighted by atomic mass is 15.2. The van der Waals surface area contributed by atoms with Crippen LogP contribution in [-0.4, -0.2) is 14.0 Å². The first-order chi connectivity index (χ1) is 10.3. The molecule has 0 aliphatic heterocycles. The van der Waals surface area contributed by atoms with Crippen molar-refractivity contribution < 1.29 is 0 Å². The van der Waals surface area contributed by atoms with Gasteiger partial charge in [0, 0.05) is 12.4 Å². The van der Waals surface area contributed by atoms with Gasteiger partial charge in [-0.05, 0) is 23.6 Å². The largest absolute Gasteiger partial charge is 0.313 e. The number of aryl methyl sites for hydroxylation is 1. The van der Waals surface area contributed by atoms with Gasteiger partial charge in [-0.2, -0.15) is 0 Å². The van der Waals surface area contributed by atoms with Crippen LogP contribution in [0.5, 0.6) is 0 Å². The summed E-state index contributed by atoms with van der Waals surface area (Å²) in [5.41, 5.74) is 4.65. The molecule has 3 aromatic carbocycles. The second kappa shape index (κ2) is 3.64. The summed E-state index contributed by atoms with van der Waals surface area (Å²) in [6, 6.07) is 21.2. The number of para-hydroxylation sites is 2. The van der Waals surface area contributed by atoms with Crippen LogP contribution in [0.3, 0.4) is 0 Å². The molecule has 2 aromatic heterocycles. The maximum atomic E-state index is 4.91. The van der Waals surface area contributed by atoms with E-state index in [1.165, 1.54) is 27.3 Å². The lowest BCUT2D eigenvalue weighted by Crippen LogP contribution is -1.87. The number of aromatic nitrogens is 3. The standard InChI is InChI=1S/C18H13N3/c1-20-14-8-4-5-9-15(14)21-16-11-10-12-6-2-3-7-13(12)17(16)19-18(20)21/h2-11H,1H3. The third kappa shape index (κ3) is 1.26. The number of rotatable bonds is 0. The Labute approximate surface area is 121 Å². The van der Waals surface area contributed by atoms with Gasteiger partial charge in [-0.15, -0.1) is 0 Å². The van der Waals surface area contributed by atoms with E-state index in [2.05, 4.69) is 76.7 Å². The molecule has 5 aromatic rings. The predicted molar refractivity (Wildman–Crippen MR) is 86.7 cm³/mol. The molecule has 0 bridgehead atoms. The minimum Gasteiger partial charge on any atom is -0.313 e. The molecular formula is C18H13N3. The van der Waals surface area contributed by atoms with Gasteiger partial charge >= 0.3 is 0 Å². The van der Waals surface area contributed by atoms with Crippen LogP contribution in [0.1, 0.15) is 0 Å². The molecule has 5 rings (SSSR count). The molecule has 0 saturated heterocycles. The monoisotopic (exact) mass is 271 g/mol. The van der Waals surface area contributed by atoms with Crippen molar-refractivity contribution in [2.24, 2.45) is 7.05 Å². The van der Waals surface area contributed by atoms with Crippen LogP contribution in [0, 0.1) is 0 Å². The second-order valence-electron chi connectivity index (χ2n) is 5.45. The quantitative estimate of drug-likeness (QED) is 0.415. The van der Waals surface area contributed by atoms with Crippen molar-refractivity contribution in [1.82, 2.24) is 14.0 Å². The Kier molecular flexibility index (Phi) is 1.89. The maximum absolute atomic E-state index is 4.91. The molecule has 0 amide bonds. The average molecular weight is 271 g/mol. The molecule has 3 heteroatoms. The van der Waals surface area contributed by atoms with E-state index in [4.69, 9.17) is 4.98 Å². The van der Waals surface area contributed by atoms with Crippen LogP contribution in [-0.2, 0) is 7.05 Å². The predicted octanol–water partition coefficient (Wildman–Crippen LogP) is 4.13. The molecule has 0 saturated carbocycles. The number of hydrogen-bond acceptors (Lipinski definition) is 1. The van der Waals surface area contributed by atoms with Crippen LogP contribution in [0.4, 0.5) is 0 Å². The topological polar surface area (TPSA) is 22.2 Å². The van der Waals surface area contributed by atoms with Gasteiger partial charge in [0.1, 0.15) is 0 Å². The summed E-state index contributed by atoms with van der Waals surface area (Å²) < 4.78 is 4.40. The summed E-state index contributed by atoms with van der Waals surface area (Å²) in [6.45, 7) is 0. The molecule has 100 valence electrons. The van der Waals surface area contributed by atoms with Crippen LogP contribution in [0.2, 0.25) is 0 Å². The van der Waals surface area contributed by atoms with Crippen molar-refractivity contribution in [2.45, 2.75) is 0 Å². The Balaban J connectivity index is 2.12. The van der Waals surface area contributed by atoms with Crippen molar-refractivity contribution in [3.05, 3.63) is 60.7 Å². The van der Waals surface area contributed by atoms with Gasteiger partial charge in [0.15, 0.2) is 0 Å². The highest BCUT2D eigenvalue weighted by molar-refractivity contribution is 6.06. The summed E-state index contributed by atoms with van der Waals surface area (Å²) in [5, 5.41) is 2.44. The molecule has 3 nitrogen and oxygen atoms in total. The van der Waals surface area contributed by atoms with Gasteiger partial charge < -0.3 is 4.57 Å². The normalized spacial score (nSPS) is 12.0.